The molecule has 32 heavy (non-hydrogen) atoms. The summed E-state index contributed by atoms with van der Waals surface area (Å²) in [5.41, 5.74) is 0.874. The van der Waals surface area contributed by atoms with E-state index >= 15 is 0 Å². The third kappa shape index (κ3) is 5.88. The van der Waals surface area contributed by atoms with Gasteiger partial charge in [0.1, 0.15) is 5.75 Å². The minimum absolute atomic E-state index is 0.0109. The molecule has 1 fully saturated rings. The minimum Gasteiger partial charge on any atom is -0.484 e. The Hall–Kier alpha value is -2.87. The SMILES string of the molecule is CC(c1ccc(S(C)(=O)=O)cc1)N(C)C(=O)C1CCN(C(=O)COc2ccccc2)CC1. The van der Waals surface area contributed by atoms with Crippen LogP contribution in [-0.4, -0.2) is 63.0 Å². The fraction of sp³-hybridized carbons (Fsp3) is 0.417. The predicted octanol–water partition coefficient (Wildman–Crippen LogP) is 2.93. The van der Waals surface area contributed by atoms with Crippen molar-refractivity contribution in [2.75, 3.05) is 33.0 Å². The van der Waals surface area contributed by atoms with E-state index in [0.717, 1.165) is 5.56 Å². The van der Waals surface area contributed by atoms with E-state index in [9.17, 15) is 18.0 Å². The fourth-order valence-electron chi connectivity index (χ4n) is 3.82. The molecular formula is C24H30N2O5S. The van der Waals surface area contributed by atoms with Crippen LogP contribution in [0.2, 0.25) is 0 Å². The summed E-state index contributed by atoms with van der Waals surface area (Å²) in [7, 11) is -1.49. The number of carbonyl (C=O) groups excluding carboxylic acids is 2. The number of nitrogens with zero attached hydrogens (tertiary/aromatic N) is 2. The lowest BCUT2D eigenvalue weighted by Crippen LogP contribution is -2.45. The third-order valence-corrected chi connectivity index (χ3v) is 7.15. The number of benzene rings is 2. The van der Waals surface area contributed by atoms with Crippen LogP contribution in [0.4, 0.5) is 0 Å². The number of sulfone groups is 1. The molecule has 1 unspecified atom stereocenters. The molecule has 0 spiro atoms. The fourth-order valence-corrected chi connectivity index (χ4v) is 4.46. The van der Waals surface area contributed by atoms with E-state index in [4.69, 9.17) is 4.74 Å². The zero-order chi connectivity index (χ0) is 23.3. The lowest BCUT2D eigenvalue weighted by atomic mass is 9.94. The minimum atomic E-state index is -3.25. The number of ether oxygens (including phenoxy) is 1. The zero-order valence-corrected chi connectivity index (χ0v) is 19.5. The Morgan fingerprint density at radius 1 is 1.06 bits per heavy atom. The standard InChI is InChI=1S/C24H30N2O5S/c1-18(19-9-11-22(12-10-19)32(3,29)30)25(2)24(28)20-13-15-26(16-14-20)23(27)17-31-21-7-5-4-6-8-21/h4-12,18,20H,13-17H2,1-3H3. The molecule has 1 aliphatic heterocycles. The molecule has 2 aromatic carbocycles. The van der Waals surface area contributed by atoms with E-state index in [0.29, 0.717) is 31.7 Å². The summed E-state index contributed by atoms with van der Waals surface area (Å²) in [5.74, 6) is 0.479. The molecule has 0 aliphatic carbocycles. The van der Waals surface area contributed by atoms with E-state index < -0.39 is 9.84 Å². The van der Waals surface area contributed by atoms with Gasteiger partial charge in [0.05, 0.1) is 10.9 Å². The zero-order valence-electron chi connectivity index (χ0n) is 18.7. The van der Waals surface area contributed by atoms with Gasteiger partial charge in [0.2, 0.25) is 5.91 Å². The van der Waals surface area contributed by atoms with Gasteiger partial charge in [-0.2, -0.15) is 0 Å². The summed E-state index contributed by atoms with van der Waals surface area (Å²) in [4.78, 5) is 29.2. The van der Waals surface area contributed by atoms with E-state index in [2.05, 4.69) is 0 Å². The van der Waals surface area contributed by atoms with Crippen molar-refractivity contribution < 1.29 is 22.7 Å². The average Bonchev–Trinajstić information content (AvgIpc) is 2.81. The maximum Gasteiger partial charge on any atom is 0.260 e. The van der Waals surface area contributed by atoms with Crippen molar-refractivity contribution in [3.63, 3.8) is 0 Å². The van der Waals surface area contributed by atoms with Crippen LogP contribution in [0.15, 0.2) is 59.5 Å². The summed E-state index contributed by atoms with van der Waals surface area (Å²) in [6, 6.07) is 15.7. The van der Waals surface area contributed by atoms with E-state index in [1.165, 1.54) is 6.26 Å². The van der Waals surface area contributed by atoms with Crippen LogP contribution in [0.5, 0.6) is 5.75 Å². The van der Waals surface area contributed by atoms with Gasteiger partial charge in [-0.25, -0.2) is 8.42 Å². The lowest BCUT2D eigenvalue weighted by molar-refractivity contribution is -0.142. The summed E-state index contributed by atoms with van der Waals surface area (Å²) in [6.07, 6.45) is 2.39. The molecule has 1 atom stereocenters. The molecule has 172 valence electrons. The van der Waals surface area contributed by atoms with Crippen LogP contribution >= 0.6 is 0 Å². The molecule has 8 heteroatoms. The Kier molecular flexibility index (Phi) is 7.56. The predicted molar refractivity (Wildman–Crippen MR) is 122 cm³/mol. The quantitative estimate of drug-likeness (QED) is 0.637. The van der Waals surface area contributed by atoms with Gasteiger partial charge in [-0.3, -0.25) is 9.59 Å². The molecule has 1 heterocycles. The maximum absolute atomic E-state index is 13.0. The number of hydrogen-bond donors (Lipinski definition) is 0. The monoisotopic (exact) mass is 458 g/mol. The number of likely N-dealkylation sites (tertiary alicyclic amines) is 1. The summed E-state index contributed by atoms with van der Waals surface area (Å²) in [5, 5.41) is 0. The highest BCUT2D eigenvalue weighted by Crippen LogP contribution is 2.26. The van der Waals surface area contributed by atoms with Crippen LogP contribution in [0.1, 0.15) is 31.4 Å². The van der Waals surface area contributed by atoms with Crippen LogP contribution in [-0.2, 0) is 19.4 Å². The van der Waals surface area contributed by atoms with Gasteiger partial charge >= 0.3 is 0 Å². The molecule has 0 radical (unpaired) electrons. The van der Waals surface area contributed by atoms with Crippen molar-refractivity contribution in [3.05, 3.63) is 60.2 Å². The smallest absolute Gasteiger partial charge is 0.260 e. The highest BCUT2D eigenvalue weighted by atomic mass is 32.2. The summed E-state index contributed by atoms with van der Waals surface area (Å²) < 4.78 is 28.8. The van der Waals surface area contributed by atoms with Crippen LogP contribution in [0.25, 0.3) is 0 Å². The molecular weight excluding hydrogens is 428 g/mol. The first-order valence-electron chi connectivity index (χ1n) is 10.7. The van der Waals surface area contributed by atoms with E-state index in [-0.39, 0.29) is 35.3 Å². The second-order valence-corrected chi connectivity index (χ2v) is 10.2. The van der Waals surface area contributed by atoms with Crippen molar-refractivity contribution in [1.29, 1.82) is 0 Å². The lowest BCUT2D eigenvalue weighted by Gasteiger charge is -2.35. The molecule has 0 aromatic heterocycles. The molecule has 3 rings (SSSR count). The molecule has 1 saturated heterocycles. The van der Waals surface area contributed by atoms with Gasteiger partial charge in [-0.15, -0.1) is 0 Å². The maximum atomic E-state index is 13.0. The topological polar surface area (TPSA) is 84.0 Å². The van der Waals surface area contributed by atoms with Gasteiger partial charge in [0, 0.05) is 32.3 Å². The van der Waals surface area contributed by atoms with Crippen molar-refractivity contribution in [3.8, 4) is 5.75 Å². The van der Waals surface area contributed by atoms with Crippen molar-refractivity contribution >= 4 is 21.7 Å². The van der Waals surface area contributed by atoms with Gasteiger partial charge in [-0.05, 0) is 49.6 Å². The Labute approximate surface area is 189 Å². The van der Waals surface area contributed by atoms with Crippen molar-refractivity contribution in [2.24, 2.45) is 5.92 Å². The Morgan fingerprint density at radius 3 is 2.22 bits per heavy atom. The third-order valence-electron chi connectivity index (χ3n) is 6.02. The number of carbonyl (C=O) groups is 2. The van der Waals surface area contributed by atoms with Gasteiger partial charge in [0.25, 0.3) is 5.91 Å². The normalized spacial score (nSPS) is 15.8. The van der Waals surface area contributed by atoms with Crippen LogP contribution in [0.3, 0.4) is 0 Å². The first-order valence-corrected chi connectivity index (χ1v) is 12.6. The molecule has 7 nitrogen and oxygen atoms in total. The second kappa shape index (κ2) is 10.2. The molecule has 2 aromatic rings. The largest absolute Gasteiger partial charge is 0.484 e. The van der Waals surface area contributed by atoms with E-state index in [1.54, 1.807) is 41.1 Å². The first-order chi connectivity index (χ1) is 15.2. The highest BCUT2D eigenvalue weighted by molar-refractivity contribution is 7.90. The summed E-state index contributed by atoms with van der Waals surface area (Å²) >= 11 is 0. The number of rotatable bonds is 7. The average molecular weight is 459 g/mol. The molecule has 0 saturated carbocycles. The van der Waals surface area contributed by atoms with E-state index in [1.807, 2.05) is 37.3 Å². The number of piperidine rings is 1. The van der Waals surface area contributed by atoms with Crippen molar-refractivity contribution in [1.82, 2.24) is 9.80 Å². The number of hydrogen-bond acceptors (Lipinski definition) is 5. The van der Waals surface area contributed by atoms with Gasteiger partial charge in [-0.1, -0.05) is 30.3 Å². The Balaban J connectivity index is 1.51. The van der Waals surface area contributed by atoms with Crippen molar-refractivity contribution in [2.45, 2.75) is 30.7 Å². The summed E-state index contributed by atoms with van der Waals surface area (Å²) in [6.45, 7) is 2.97. The molecule has 0 N–H and O–H groups in total. The number of para-hydroxylation sites is 1. The van der Waals surface area contributed by atoms with Gasteiger partial charge in [0.15, 0.2) is 16.4 Å². The van der Waals surface area contributed by atoms with Crippen LogP contribution < -0.4 is 4.74 Å². The molecule has 1 aliphatic rings. The number of amides is 2. The molecule has 0 bridgehead atoms. The Bertz CT molecular complexity index is 1030. The first kappa shape index (κ1) is 23.8. The Morgan fingerprint density at radius 2 is 1.66 bits per heavy atom. The van der Waals surface area contributed by atoms with Crippen LogP contribution in [0, 0.1) is 5.92 Å². The highest BCUT2D eigenvalue weighted by Gasteiger charge is 2.31. The second-order valence-electron chi connectivity index (χ2n) is 8.22. The molecule has 2 amide bonds. The van der Waals surface area contributed by atoms with Gasteiger partial charge < -0.3 is 14.5 Å².